The quantitative estimate of drug-likeness (QED) is 0.666. The summed E-state index contributed by atoms with van der Waals surface area (Å²) in [7, 11) is 0. The molecule has 1 aromatic carbocycles. The lowest BCUT2D eigenvalue weighted by molar-refractivity contribution is 0.0449. The van der Waals surface area contributed by atoms with E-state index in [1.54, 1.807) is 0 Å². The van der Waals surface area contributed by atoms with Crippen molar-refractivity contribution in [3.8, 4) is 0 Å². The molecule has 0 aliphatic heterocycles. The van der Waals surface area contributed by atoms with Gasteiger partial charge in [0.1, 0.15) is 0 Å². The molecule has 0 spiro atoms. The number of alkyl halides is 1. The standard InChI is InChI=1S/C14H21BrO/c1-3-7-12(2)11-16-14(10-15)13-8-5-4-6-9-13/h4-6,8-9,12,14H,3,7,10-11H2,1-2H3. The largest absolute Gasteiger partial charge is 0.372 e. The van der Waals surface area contributed by atoms with Crippen molar-refractivity contribution >= 4 is 15.9 Å². The summed E-state index contributed by atoms with van der Waals surface area (Å²) in [5.74, 6) is 0.648. The van der Waals surface area contributed by atoms with E-state index in [1.807, 2.05) is 6.07 Å². The van der Waals surface area contributed by atoms with Gasteiger partial charge in [0, 0.05) is 11.9 Å². The molecule has 1 rings (SSSR count). The number of halogens is 1. The first kappa shape index (κ1) is 13.7. The zero-order valence-electron chi connectivity index (χ0n) is 10.2. The van der Waals surface area contributed by atoms with E-state index in [4.69, 9.17) is 4.74 Å². The molecular formula is C14H21BrO. The SMILES string of the molecule is CCCC(C)COC(CBr)c1ccccc1. The maximum absolute atomic E-state index is 5.94. The topological polar surface area (TPSA) is 9.23 Å². The average molecular weight is 285 g/mol. The van der Waals surface area contributed by atoms with Crippen LogP contribution < -0.4 is 0 Å². The Kier molecular flexibility index (Phi) is 6.74. The molecule has 2 unspecified atom stereocenters. The maximum Gasteiger partial charge on any atom is 0.0921 e. The van der Waals surface area contributed by atoms with Crippen molar-refractivity contribution in [2.45, 2.75) is 32.8 Å². The fraction of sp³-hybridized carbons (Fsp3) is 0.571. The van der Waals surface area contributed by atoms with Gasteiger partial charge in [0.25, 0.3) is 0 Å². The van der Waals surface area contributed by atoms with Gasteiger partial charge in [0.2, 0.25) is 0 Å². The zero-order chi connectivity index (χ0) is 11.8. The molecule has 0 bridgehead atoms. The summed E-state index contributed by atoms with van der Waals surface area (Å²) in [4.78, 5) is 0. The molecule has 0 aliphatic rings. The van der Waals surface area contributed by atoms with Crippen molar-refractivity contribution in [2.75, 3.05) is 11.9 Å². The minimum absolute atomic E-state index is 0.181. The zero-order valence-corrected chi connectivity index (χ0v) is 11.7. The molecule has 2 heteroatoms. The van der Waals surface area contributed by atoms with Crippen molar-refractivity contribution in [3.05, 3.63) is 35.9 Å². The summed E-state index contributed by atoms with van der Waals surface area (Å²) in [6.45, 7) is 5.31. The van der Waals surface area contributed by atoms with Gasteiger partial charge in [-0.3, -0.25) is 0 Å². The van der Waals surface area contributed by atoms with Gasteiger partial charge in [0.15, 0.2) is 0 Å². The van der Waals surface area contributed by atoms with Gasteiger partial charge in [-0.15, -0.1) is 0 Å². The molecule has 0 radical (unpaired) electrons. The fourth-order valence-corrected chi connectivity index (χ4v) is 2.31. The molecule has 0 saturated heterocycles. The lowest BCUT2D eigenvalue weighted by Crippen LogP contribution is -2.12. The van der Waals surface area contributed by atoms with E-state index in [2.05, 4.69) is 54.0 Å². The predicted octanol–water partition coefficient (Wildman–Crippen LogP) is 4.58. The van der Waals surface area contributed by atoms with E-state index in [-0.39, 0.29) is 6.10 Å². The number of benzene rings is 1. The van der Waals surface area contributed by atoms with Crippen molar-refractivity contribution in [2.24, 2.45) is 5.92 Å². The predicted molar refractivity (Wildman–Crippen MR) is 73.0 cm³/mol. The molecule has 0 N–H and O–H groups in total. The van der Waals surface area contributed by atoms with Crippen molar-refractivity contribution in [1.82, 2.24) is 0 Å². The summed E-state index contributed by atoms with van der Waals surface area (Å²) in [6.07, 6.45) is 2.65. The van der Waals surface area contributed by atoms with Crippen LogP contribution in [0, 0.1) is 5.92 Å². The first-order valence-electron chi connectivity index (χ1n) is 6.00. The first-order valence-corrected chi connectivity index (χ1v) is 7.12. The van der Waals surface area contributed by atoms with Gasteiger partial charge in [-0.05, 0) is 17.9 Å². The molecule has 0 aromatic heterocycles. The summed E-state index contributed by atoms with van der Waals surface area (Å²) in [5.41, 5.74) is 1.25. The fourth-order valence-electron chi connectivity index (χ4n) is 1.75. The molecule has 0 heterocycles. The molecule has 0 amide bonds. The Morgan fingerprint density at radius 3 is 2.50 bits per heavy atom. The van der Waals surface area contributed by atoms with Gasteiger partial charge < -0.3 is 4.74 Å². The summed E-state index contributed by atoms with van der Waals surface area (Å²) >= 11 is 3.52. The van der Waals surface area contributed by atoms with E-state index in [0.717, 1.165) is 11.9 Å². The summed E-state index contributed by atoms with van der Waals surface area (Å²) < 4.78 is 5.94. The second-order valence-corrected chi connectivity index (χ2v) is 4.93. The average Bonchev–Trinajstić information content (AvgIpc) is 2.31. The van der Waals surface area contributed by atoms with Crippen LogP contribution in [-0.4, -0.2) is 11.9 Å². The van der Waals surface area contributed by atoms with Crippen LogP contribution >= 0.6 is 15.9 Å². The van der Waals surface area contributed by atoms with Crippen molar-refractivity contribution < 1.29 is 4.74 Å². The highest BCUT2D eigenvalue weighted by atomic mass is 79.9. The lowest BCUT2D eigenvalue weighted by atomic mass is 10.1. The Bertz CT molecular complexity index is 273. The van der Waals surface area contributed by atoms with Gasteiger partial charge in [-0.1, -0.05) is 66.5 Å². The summed E-state index contributed by atoms with van der Waals surface area (Å²) in [5, 5.41) is 0.857. The van der Waals surface area contributed by atoms with Gasteiger partial charge >= 0.3 is 0 Å². The van der Waals surface area contributed by atoms with Crippen LogP contribution in [0.4, 0.5) is 0 Å². The Morgan fingerprint density at radius 1 is 1.25 bits per heavy atom. The first-order chi connectivity index (χ1) is 7.77. The molecule has 0 aliphatic carbocycles. The third-order valence-corrected chi connectivity index (χ3v) is 3.26. The lowest BCUT2D eigenvalue weighted by Gasteiger charge is -2.18. The molecule has 0 fully saturated rings. The van der Waals surface area contributed by atoms with Crippen LogP contribution in [0.1, 0.15) is 38.4 Å². The van der Waals surface area contributed by atoms with E-state index >= 15 is 0 Å². The second kappa shape index (κ2) is 7.86. The molecule has 16 heavy (non-hydrogen) atoms. The van der Waals surface area contributed by atoms with Crippen LogP contribution in [0.3, 0.4) is 0 Å². The highest BCUT2D eigenvalue weighted by molar-refractivity contribution is 9.09. The molecule has 1 nitrogen and oxygen atoms in total. The van der Waals surface area contributed by atoms with E-state index in [9.17, 15) is 0 Å². The van der Waals surface area contributed by atoms with Gasteiger partial charge in [-0.25, -0.2) is 0 Å². The third kappa shape index (κ3) is 4.67. The number of hydrogen-bond acceptors (Lipinski definition) is 1. The van der Waals surface area contributed by atoms with Crippen LogP contribution in [0.15, 0.2) is 30.3 Å². The van der Waals surface area contributed by atoms with Gasteiger partial charge in [0.05, 0.1) is 6.10 Å². The Labute approximate surface area is 107 Å². The van der Waals surface area contributed by atoms with Crippen molar-refractivity contribution in [1.29, 1.82) is 0 Å². The summed E-state index contributed by atoms with van der Waals surface area (Å²) in [6, 6.07) is 10.4. The van der Waals surface area contributed by atoms with Crippen LogP contribution in [0.25, 0.3) is 0 Å². The molecular weight excluding hydrogens is 264 g/mol. The van der Waals surface area contributed by atoms with Crippen LogP contribution in [-0.2, 0) is 4.74 Å². The van der Waals surface area contributed by atoms with Crippen molar-refractivity contribution in [3.63, 3.8) is 0 Å². The normalized spacial score (nSPS) is 14.7. The van der Waals surface area contributed by atoms with Crippen LogP contribution in [0.2, 0.25) is 0 Å². The maximum atomic E-state index is 5.94. The smallest absolute Gasteiger partial charge is 0.0921 e. The number of hydrogen-bond donors (Lipinski definition) is 0. The minimum atomic E-state index is 0.181. The molecule has 0 saturated carbocycles. The molecule has 2 atom stereocenters. The highest BCUT2D eigenvalue weighted by Crippen LogP contribution is 2.21. The molecule has 1 aromatic rings. The van der Waals surface area contributed by atoms with Crippen LogP contribution in [0.5, 0.6) is 0 Å². The van der Waals surface area contributed by atoms with E-state index in [1.165, 1.54) is 18.4 Å². The van der Waals surface area contributed by atoms with E-state index in [0.29, 0.717) is 5.92 Å². The highest BCUT2D eigenvalue weighted by Gasteiger charge is 2.11. The number of ether oxygens (including phenoxy) is 1. The third-order valence-electron chi connectivity index (χ3n) is 2.67. The van der Waals surface area contributed by atoms with E-state index < -0.39 is 0 Å². The Balaban J connectivity index is 2.44. The monoisotopic (exact) mass is 284 g/mol. The number of rotatable bonds is 7. The molecule has 90 valence electrons. The second-order valence-electron chi connectivity index (χ2n) is 4.28. The van der Waals surface area contributed by atoms with Gasteiger partial charge in [-0.2, -0.15) is 0 Å². The minimum Gasteiger partial charge on any atom is -0.372 e. The Hall–Kier alpha value is -0.340. The Morgan fingerprint density at radius 2 is 1.94 bits per heavy atom.